The Kier molecular flexibility index (Phi) is 5.82. The van der Waals surface area contributed by atoms with Crippen molar-refractivity contribution in [1.29, 1.82) is 0 Å². The zero-order chi connectivity index (χ0) is 27.9. The molecule has 1 aliphatic rings. The molecule has 0 radical (unpaired) electrons. The van der Waals surface area contributed by atoms with Crippen molar-refractivity contribution in [2.24, 2.45) is 0 Å². The van der Waals surface area contributed by atoms with Crippen LogP contribution in [0, 0.1) is 49.4 Å². The van der Waals surface area contributed by atoms with Crippen molar-refractivity contribution >= 4 is 11.9 Å². The van der Waals surface area contributed by atoms with Crippen LogP contribution in [-0.4, -0.2) is 22.2 Å². The van der Waals surface area contributed by atoms with Gasteiger partial charge in [0.25, 0.3) is 0 Å². The third-order valence-electron chi connectivity index (χ3n) is 7.16. The highest BCUT2D eigenvalue weighted by atomic mass is 16.4. The fourth-order valence-corrected chi connectivity index (χ4v) is 5.42. The highest BCUT2D eigenvalue weighted by Crippen LogP contribution is 2.57. The average Bonchev–Trinajstić information content (AvgIpc) is 3.26. The summed E-state index contributed by atoms with van der Waals surface area (Å²) >= 11 is 0. The third kappa shape index (κ3) is 3.57. The van der Waals surface area contributed by atoms with E-state index in [1.54, 1.807) is 48.5 Å². The number of carboxylic acid groups (broad SMARTS) is 2. The van der Waals surface area contributed by atoms with Gasteiger partial charge >= 0.3 is 11.9 Å². The first kappa shape index (κ1) is 24.7. The van der Waals surface area contributed by atoms with Gasteiger partial charge in [-0.05, 0) is 81.9 Å². The molecule has 2 N–H and O–H groups in total. The Morgan fingerprint density at radius 2 is 0.923 bits per heavy atom. The Morgan fingerprint density at radius 1 is 0.538 bits per heavy atom. The summed E-state index contributed by atoms with van der Waals surface area (Å²) in [5, 5.41) is 19.8. The number of benzene rings is 4. The van der Waals surface area contributed by atoms with Crippen molar-refractivity contribution in [2.45, 2.75) is 5.41 Å². The zero-order valence-electron chi connectivity index (χ0n) is 20.4. The van der Waals surface area contributed by atoms with E-state index in [1.165, 1.54) is 12.1 Å². The average molecular weight is 503 g/mol. The molecule has 0 fully saturated rings. The molecule has 1 aliphatic carbocycles. The molecule has 0 heterocycles. The first-order valence-corrected chi connectivity index (χ1v) is 11.7. The number of hydrogen-bond acceptors (Lipinski definition) is 2. The van der Waals surface area contributed by atoms with Gasteiger partial charge in [-0.1, -0.05) is 47.9 Å². The van der Waals surface area contributed by atoms with Crippen LogP contribution in [0.3, 0.4) is 0 Å². The molecule has 0 spiro atoms. The van der Waals surface area contributed by atoms with Gasteiger partial charge in [-0.2, -0.15) is 0 Å². The largest absolute Gasteiger partial charge is 0.478 e. The predicted molar refractivity (Wildman–Crippen MR) is 149 cm³/mol. The van der Waals surface area contributed by atoms with Crippen LogP contribution in [0.15, 0.2) is 72.8 Å². The molecule has 4 aromatic rings. The summed E-state index contributed by atoms with van der Waals surface area (Å²) in [5.74, 6) is 8.25. The Labute approximate surface area is 226 Å². The summed E-state index contributed by atoms with van der Waals surface area (Å²) in [5.41, 5.74) is 4.99. The predicted octanol–water partition coefficient (Wildman–Crippen LogP) is 5.37. The summed E-state index contributed by atoms with van der Waals surface area (Å²) in [6, 6.07) is 20.4. The van der Waals surface area contributed by atoms with Crippen LogP contribution < -0.4 is 0 Å². The highest BCUT2D eigenvalue weighted by molar-refractivity contribution is 5.95. The number of fused-ring (bicyclic) bond motifs is 3. The van der Waals surface area contributed by atoms with Gasteiger partial charge < -0.3 is 10.2 Å². The SMILES string of the molecule is C#Cc1ccc(C2(c3ccc(C#C)c(C#C)c3)c3cc(C(=O)O)ccc3-c3ccc(C(=O)O)cc32)cc1C#C. The quantitative estimate of drug-likeness (QED) is 0.324. The topological polar surface area (TPSA) is 74.6 Å². The van der Waals surface area contributed by atoms with Crippen molar-refractivity contribution in [1.82, 2.24) is 0 Å². The highest BCUT2D eigenvalue weighted by Gasteiger charge is 2.47. The third-order valence-corrected chi connectivity index (χ3v) is 7.16. The van der Waals surface area contributed by atoms with E-state index in [0.29, 0.717) is 44.5 Å². The normalized spacial score (nSPS) is 12.1. The molecule has 5 rings (SSSR count). The number of terminal acetylenes is 4. The van der Waals surface area contributed by atoms with Crippen LogP contribution in [0.4, 0.5) is 0 Å². The summed E-state index contributed by atoms with van der Waals surface area (Å²) in [6.45, 7) is 0. The molecule has 0 saturated heterocycles. The molecule has 0 amide bonds. The van der Waals surface area contributed by atoms with Crippen molar-refractivity contribution in [2.75, 3.05) is 0 Å². The number of carbonyl (C=O) groups is 2. The fraction of sp³-hybridized carbons (Fsp3) is 0.0286. The van der Waals surface area contributed by atoms with Crippen LogP contribution in [0.5, 0.6) is 0 Å². The van der Waals surface area contributed by atoms with Crippen LogP contribution in [0.2, 0.25) is 0 Å². The lowest BCUT2D eigenvalue weighted by Crippen LogP contribution is -2.29. The Balaban J connectivity index is 2.04. The lowest BCUT2D eigenvalue weighted by Gasteiger charge is -2.34. The molecular weight excluding hydrogens is 484 g/mol. The van der Waals surface area contributed by atoms with Crippen molar-refractivity contribution in [3.05, 3.63) is 128 Å². The minimum Gasteiger partial charge on any atom is -0.478 e. The van der Waals surface area contributed by atoms with Crippen LogP contribution in [0.1, 0.15) is 65.2 Å². The molecular formula is C35H18O4. The molecule has 4 heteroatoms. The molecule has 0 bridgehead atoms. The monoisotopic (exact) mass is 502 g/mol. The number of hydrogen-bond donors (Lipinski definition) is 2. The van der Waals surface area contributed by atoms with E-state index in [2.05, 4.69) is 23.7 Å². The lowest BCUT2D eigenvalue weighted by atomic mass is 9.66. The van der Waals surface area contributed by atoms with Gasteiger partial charge in [0, 0.05) is 22.3 Å². The molecule has 0 unspecified atom stereocenters. The van der Waals surface area contributed by atoms with E-state index in [0.717, 1.165) is 11.1 Å². The standard InChI is InChI=1S/C35H18O4/c1-5-21-9-13-27(17-23(21)7-3)35(28-14-10-22(6-2)24(8-4)18-28)31-19-25(33(36)37)11-15-29(31)30-16-12-26(34(38)39)20-32(30)35/h1-4,9-20H,(H,36,37)(H,38,39). The van der Waals surface area contributed by atoms with Crippen molar-refractivity contribution in [3.63, 3.8) is 0 Å². The summed E-state index contributed by atoms with van der Waals surface area (Å²) in [6.07, 6.45) is 23.0. The minimum atomic E-state index is -1.20. The molecule has 39 heavy (non-hydrogen) atoms. The lowest BCUT2D eigenvalue weighted by molar-refractivity contribution is 0.0686. The molecule has 0 aliphatic heterocycles. The van der Waals surface area contributed by atoms with E-state index in [-0.39, 0.29) is 11.1 Å². The van der Waals surface area contributed by atoms with Gasteiger partial charge in [0.2, 0.25) is 0 Å². The van der Waals surface area contributed by atoms with Crippen molar-refractivity contribution < 1.29 is 19.8 Å². The molecule has 182 valence electrons. The molecule has 4 nitrogen and oxygen atoms in total. The summed E-state index contributed by atoms with van der Waals surface area (Å²) < 4.78 is 0. The zero-order valence-corrected chi connectivity index (χ0v) is 20.4. The number of aromatic carboxylic acids is 2. The second kappa shape index (κ2) is 9.18. The molecule has 0 aromatic heterocycles. The van der Waals surface area contributed by atoms with E-state index < -0.39 is 17.4 Å². The second-order valence-electron chi connectivity index (χ2n) is 8.98. The van der Waals surface area contributed by atoms with E-state index in [1.807, 2.05) is 12.1 Å². The molecule has 4 aromatic carbocycles. The van der Waals surface area contributed by atoms with Gasteiger partial charge in [-0.3, -0.25) is 0 Å². The summed E-state index contributed by atoms with van der Waals surface area (Å²) in [4.78, 5) is 24.2. The van der Waals surface area contributed by atoms with Crippen molar-refractivity contribution in [3.8, 4) is 60.5 Å². The first-order valence-electron chi connectivity index (χ1n) is 11.7. The van der Waals surface area contributed by atoms with Crippen LogP contribution >= 0.6 is 0 Å². The van der Waals surface area contributed by atoms with Gasteiger partial charge in [-0.25, -0.2) is 9.59 Å². The number of rotatable bonds is 4. The van der Waals surface area contributed by atoms with E-state index in [9.17, 15) is 19.8 Å². The van der Waals surface area contributed by atoms with Gasteiger partial charge in [0.15, 0.2) is 0 Å². The minimum absolute atomic E-state index is 0.0687. The second-order valence-corrected chi connectivity index (χ2v) is 8.98. The Hall–Kier alpha value is -5.94. The Bertz CT molecular complexity index is 1770. The van der Waals surface area contributed by atoms with E-state index >= 15 is 0 Å². The molecule has 0 atom stereocenters. The maximum atomic E-state index is 12.1. The molecule has 0 saturated carbocycles. The fourth-order valence-electron chi connectivity index (χ4n) is 5.42. The summed E-state index contributed by atoms with van der Waals surface area (Å²) in [7, 11) is 0. The van der Waals surface area contributed by atoms with Gasteiger partial charge in [0.1, 0.15) is 0 Å². The van der Waals surface area contributed by atoms with Gasteiger partial charge in [-0.15, -0.1) is 25.7 Å². The first-order chi connectivity index (χ1) is 18.8. The Morgan fingerprint density at radius 3 is 1.26 bits per heavy atom. The van der Waals surface area contributed by atoms with Gasteiger partial charge in [0.05, 0.1) is 16.5 Å². The maximum absolute atomic E-state index is 12.1. The van der Waals surface area contributed by atoms with Crippen LogP contribution in [0.25, 0.3) is 11.1 Å². The maximum Gasteiger partial charge on any atom is 0.335 e. The smallest absolute Gasteiger partial charge is 0.335 e. The van der Waals surface area contributed by atoms with Crippen LogP contribution in [-0.2, 0) is 5.41 Å². The number of carboxylic acids is 2. The van der Waals surface area contributed by atoms with E-state index in [4.69, 9.17) is 25.7 Å².